The number of cyclic esters (lactones) is 1. The fourth-order valence-electron chi connectivity index (χ4n) is 4.30. The largest absolute Gasteiger partial charge is 0.454 e. The molecule has 29 heavy (non-hydrogen) atoms. The molecule has 1 aromatic heterocycles. The van der Waals surface area contributed by atoms with Gasteiger partial charge in [0.1, 0.15) is 12.1 Å². The van der Waals surface area contributed by atoms with Crippen LogP contribution in [0.2, 0.25) is 0 Å². The third-order valence-corrected chi connectivity index (χ3v) is 5.65. The van der Waals surface area contributed by atoms with Crippen molar-refractivity contribution < 1.29 is 9.53 Å². The zero-order valence-corrected chi connectivity index (χ0v) is 16.1. The molecule has 0 aliphatic carbocycles. The van der Waals surface area contributed by atoms with Gasteiger partial charge in [0.25, 0.3) is 0 Å². The van der Waals surface area contributed by atoms with Crippen molar-refractivity contribution >= 4 is 16.9 Å². The van der Waals surface area contributed by atoms with Crippen LogP contribution >= 0.6 is 0 Å². The minimum absolute atomic E-state index is 0.144. The van der Waals surface area contributed by atoms with Gasteiger partial charge in [0.2, 0.25) is 0 Å². The Morgan fingerprint density at radius 1 is 0.793 bits per heavy atom. The molecule has 3 atom stereocenters. The number of H-pyrrole nitrogens is 1. The van der Waals surface area contributed by atoms with E-state index in [2.05, 4.69) is 22.4 Å². The summed E-state index contributed by atoms with van der Waals surface area (Å²) in [6, 6.07) is 27.5. The van der Waals surface area contributed by atoms with Crippen molar-refractivity contribution in [1.29, 1.82) is 0 Å². The van der Waals surface area contributed by atoms with E-state index in [9.17, 15) is 4.79 Å². The first-order valence-electron chi connectivity index (χ1n) is 9.86. The van der Waals surface area contributed by atoms with Crippen LogP contribution in [0.3, 0.4) is 0 Å². The number of morpholine rings is 1. The lowest BCUT2D eigenvalue weighted by atomic mass is 9.91. The van der Waals surface area contributed by atoms with Crippen LogP contribution in [0.15, 0.2) is 84.9 Å². The van der Waals surface area contributed by atoms with Gasteiger partial charge in [-0.1, -0.05) is 78.9 Å². The van der Waals surface area contributed by atoms with E-state index in [0.29, 0.717) is 0 Å². The summed E-state index contributed by atoms with van der Waals surface area (Å²) in [6.45, 7) is 2.01. The first kappa shape index (κ1) is 17.7. The van der Waals surface area contributed by atoms with Crippen molar-refractivity contribution in [3.8, 4) is 0 Å². The van der Waals surface area contributed by atoms with Crippen molar-refractivity contribution in [1.82, 2.24) is 10.3 Å². The Bertz CT molecular complexity index is 1150. The van der Waals surface area contributed by atoms with Gasteiger partial charge in [0.05, 0.1) is 6.04 Å². The van der Waals surface area contributed by atoms with Crippen LogP contribution in [0.5, 0.6) is 0 Å². The summed E-state index contributed by atoms with van der Waals surface area (Å²) in [6.07, 6.45) is -0.382. The van der Waals surface area contributed by atoms with E-state index in [1.54, 1.807) is 0 Å². The Balaban J connectivity index is 1.60. The van der Waals surface area contributed by atoms with Crippen molar-refractivity contribution in [3.63, 3.8) is 0 Å². The lowest BCUT2D eigenvalue weighted by Gasteiger charge is -2.37. The van der Waals surface area contributed by atoms with E-state index in [4.69, 9.17) is 4.74 Å². The minimum atomic E-state index is -0.531. The zero-order chi connectivity index (χ0) is 19.8. The molecule has 0 unspecified atom stereocenters. The Hall–Kier alpha value is -3.37. The van der Waals surface area contributed by atoms with Crippen LogP contribution in [0, 0.1) is 6.92 Å². The molecular formula is C25H22N2O2. The predicted molar refractivity (Wildman–Crippen MR) is 113 cm³/mol. The summed E-state index contributed by atoms with van der Waals surface area (Å²) < 4.78 is 6.06. The number of esters is 1. The van der Waals surface area contributed by atoms with Crippen LogP contribution in [-0.2, 0) is 9.53 Å². The number of hydrogen-bond donors (Lipinski definition) is 2. The second-order valence-electron chi connectivity index (χ2n) is 7.47. The SMILES string of the molecule is Cc1[nH]c2ccccc2c1[C@@H]1N[C@@H](c2ccccc2)[C@@H](c2ccccc2)OC1=O. The molecule has 144 valence electrons. The Morgan fingerprint density at radius 3 is 2.14 bits per heavy atom. The summed E-state index contributed by atoms with van der Waals surface area (Å²) in [5.41, 5.74) is 5.03. The maximum absolute atomic E-state index is 13.2. The number of carbonyl (C=O) groups excluding carboxylic acids is 1. The van der Waals surface area contributed by atoms with Gasteiger partial charge >= 0.3 is 5.97 Å². The zero-order valence-electron chi connectivity index (χ0n) is 16.1. The lowest BCUT2D eigenvalue weighted by molar-refractivity contribution is -0.161. The van der Waals surface area contributed by atoms with Gasteiger partial charge in [-0.2, -0.15) is 0 Å². The first-order valence-corrected chi connectivity index (χ1v) is 9.86. The van der Waals surface area contributed by atoms with Gasteiger partial charge in [0, 0.05) is 22.2 Å². The Kier molecular flexibility index (Phi) is 4.41. The second kappa shape index (κ2) is 7.22. The standard InChI is InChI=1S/C25H22N2O2/c1-16-21(19-14-8-9-15-20(19)26-16)23-25(28)29-24(18-12-6-3-7-13-18)22(27-23)17-10-4-2-5-11-17/h2-15,22-24,26-27H,1H3/t22-,23-,24+/m0/s1. The quantitative estimate of drug-likeness (QED) is 0.482. The second-order valence-corrected chi connectivity index (χ2v) is 7.47. The summed E-state index contributed by atoms with van der Waals surface area (Å²) in [5, 5.41) is 4.65. The number of aromatic nitrogens is 1. The number of carbonyl (C=O) groups is 1. The molecule has 2 N–H and O–H groups in total. The minimum Gasteiger partial charge on any atom is -0.454 e. The van der Waals surface area contributed by atoms with Gasteiger partial charge in [-0.15, -0.1) is 0 Å². The molecule has 2 heterocycles. The van der Waals surface area contributed by atoms with E-state index in [1.165, 1.54) is 0 Å². The summed E-state index contributed by atoms with van der Waals surface area (Å²) >= 11 is 0. The van der Waals surface area contributed by atoms with Crippen molar-refractivity contribution in [2.45, 2.75) is 25.1 Å². The van der Waals surface area contributed by atoms with E-state index in [1.807, 2.05) is 79.7 Å². The molecule has 4 aromatic rings. The molecule has 0 spiro atoms. The molecule has 1 fully saturated rings. The highest BCUT2D eigenvalue weighted by molar-refractivity contribution is 5.91. The number of hydrogen-bond acceptors (Lipinski definition) is 3. The number of aryl methyl sites for hydroxylation is 1. The van der Waals surface area contributed by atoms with Gasteiger partial charge in [-0.3, -0.25) is 5.32 Å². The monoisotopic (exact) mass is 382 g/mol. The third-order valence-electron chi connectivity index (χ3n) is 5.65. The topological polar surface area (TPSA) is 54.1 Å². The highest BCUT2D eigenvalue weighted by atomic mass is 16.5. The van der Waals surface area contributed by atoms with E-state index in [0.717, 1.165) is 33.3 Å². The summed E-state index contributed by atoms with van der Waals surface area (Å²) in [5.74, 6) is -0.251. The molecule has 5 rings (SSSR count). The first-order chi connectivity index (χ1) is 14.2. The molecule has 0 radical (unpaired) electrons. The summed E-state index contributed by atoms with van der Waals surface area (Å²) in [7, 11) is 0. The number of rotatable bonds is 3. The molecule has 0 saturated carbocycles. The molecule has 3 aromatic carbocycles. The number of nitrogens with one attached hydrogen (secondary N) is 2. The molecule has 0 amide bonds. The Morgan fingerprint density at radius 2 is 1.41 bits per heavy atom. The van der Waals surface area contributed by atoms with Crippen LogP contribution in [0.25, 0.3) is 10.9 Å². The Labute approximate surface area is 169 Å². The van der Waals surface area contributed by atoms with E-state index >= 15 is 0 Å². The molecule has 1 aliphatic rings. The van der Waals surface area contributed by atoms with Crippen molar-refractivity contribution in [2.75, 3.05) is 0 Å². The average Bonchev–Trinajstić information content (AvgIpc) is 3.10. The number of ether oxygens (including phenoxy) is 1. The van der Waals surface area contributed by atoms with Gasteiger partial charge in [-0.25, -0.2) is 4.79 Å². The van der Waals surface area contributed by atoms with Crippen LogP contribution in [-0.4, -0.2) is 11.0 Å². The molecule has 4 heteroatoms. The van der Waals surface area contributed by atoms with Crippen LogP contribution in [0.1, 0.15) is 40.6 Å². The predicted octanol–water partition coefficient (Wildman–Crippen LogP) is 5.15. The fraction of sp³-hybridized carbons (Fsp3) is 0.160. The molecule has 1 saturated heterocycles. The van der Waals surface area contributed by atoms with Crippen LogP contribution < -0.4 is 5.32 Å². The van der Waals surface area contributed by atoms with E-state index < -0.39 is 6.04 Å². The fourth-order valence-corrected chi connectivity index (χ4v) is 4.30. The van der Waals surface area contributed by atoms with Crippen molar-refractivity contribution in [2.24, 2.45) is 0 Å². The molecular weight excluding hydrogens is 360 g/mol. The molecule has 0 bridgehead atoms. The third kappa shape index (κ3) is 3.12. The number of aromatic amines is 1. The smallest absolute Gasteiger partial charge is 0.328 e. The highest BCUT2D eigenvalue weighted by Gasteiger charge is 2.41. The number of fused-ring (bicyclic) bond motifs is 1. The van der Waals surface area contributed by atoms with Gasteiger partial charge in [-0.05, 0) is 24.1 Å². The lowest BCUT2D eigenvalue weighted by Crippen LogP contribution is -2.43. The molecule has 4 nitrogen and oxygen atoms in total. The van der Waals surface area contributed by atoms with Gasteiger partial charge in [0.15, 0.2) is 0 Å². The number of benzene rings is 3. The van der Waals surface area contributed by atoms with Gasteiger partial charge < -0.3 is 9.72 Å². The highest BCUT2D eigenvalue weighted by Crippen LogP contribution is 2.41. The van der Waals surface area contributed by atoms with Crippen molar-refractivity contribution in [3.05, 3.63) is 107 Å². The average molecular weight is 382 g/mol. The molecule has 1 aliphatic heterocycles. The van der Waals surface area contributed by atoms with Crippen LogP contribution in [0.4, 0.5) is 0 Å². The summed E-state index contributed by atoms with van der Waals surface area (Å²) in [4.78, 5) is 16.5. The maximum Gasteiger partial charge on any atom is 0.328 e. The maximum atomic E-state index is 13.2. The number of para-hydroxylation sites is 1. The normalized spacial score (nSPS) is 21.8. The van der Waals surface area contributed by atoms with E-state index in [-0.39, 0.29) is 18.1 Å².